The van der Waals surface area contributed by atoms with E-state index in [0.29, 0.717) is 5.92 Å². The quantitative estimate of drug-likeness (QED) is 0.201. The smallest absolute Gasteiger partial charge is 0.0822 e. The van der Waals surface area contributed by atoms with Gasteiger partial charge in [0.2, 0.25) is 0 Å². The molecule has 0 atom stereocenters. The molecular weight excluding hydrogens is 376 g/mol. The van der Waals surface area contributed by atoms with Crippen LogP contribution < -0.4 is 0 Å². The zero-order valence-corrected chi connectivity index (χ0v) is 18.4. The molecule has 1 fully saturated rings. The normalized spacial score (nSPS) is 15.6. The Morgan fingerprint density at radius 1 is 0.839 bits per heavy atom. The van der Waals surface area contributed by atoms with Crippen molar-refractivity contribution in [2.45, 2.75) is 52.4 Å². The van der Waals surface area contributed by atoms with E-state index in [9.17, 15) is 0 Å². The SMILES string of the molecule is Cc1cc2c3nccc4cc(C5CCCC5)c5c6ccccc6n(c2c(C)c1C)c5c43. The number of fused-ring (bicyclic) bond motifs is 6. The van der Waals surface area contributed by atoms with Crippen LogP contribution in [0.1, 0.15) is 53.9 Å². The van der Waals surface area contributed by atoms with Gasteiger partial charge in [-0.05, 0) is 91.4 Å². The maximum atomic E-state index is 4.96. The second-order valence-electron chi connectivity index (χ2n) is 9.62. The molecule has 7 rings (SSSR count). The molecule has 3 heterocycles. The van der Waals surface area contributed by atoms with Gasteiger partial charge in [0, 0.05) is 27.7 Å². The number of hydrogen-bond donors (Lipinski definition) is 0. The van der Waals surface area contributed by atoms with E-state index < -0.39 is 0 Å². The molecule has 1 aliphatic carbocycles. The Kier molecular flexibility index (Phi) is 3.38. The van der Waals surface area contributed by atoms with Crippen LogP contribution in [0.2, 0.25) is 0 Å². The first-order valence-electron chi connectivity index (χ1n) is 11.6. The Labute approximate surface area is 181 Å². The maximum Gasteiger partial charge on any atom is 0.0822 e. The molecule has 0 bridgehead atoms. The van der Waals surface area contributed by atoms with E-state index in [2.05, 4.69) is 67.6 Å². The fourth-order valence-corrected chi connectivity index (χ4v) is 6.39. The summed E-state index contributed by atoms with van der Waals surface area (Å²) >= 11 is 0. The van der Waals surface area contributed by atoms with Gasteiger partial charge >= 0.3 is 0 Å². The highest BCUT2D eigenvalue weighted by atomic mass is 14.9. The summed E-state index contributed by atoms with van der Waals surface area (Å²) in [6, 6.07) is 16.1. The van der Waals surface area contributed by atoms with Crippen LogP contribution in [0.15, 0.2) is 48.7 Å². The van der Waals surface area contributed by atoms with E-state index in [1.54, 1.807) is 5.56 Å². The van der Waals surface area contributed by atoms with E-state index in [1.807, 2.05) is 6.20 Å². The zero-order chi connectivity index (χ0) is 20.9. The average Bonchev–Trinajstić information content (AvgIpc) is 3.44. The summed E-state index contributed by atoms with van der Waals surface area (Å²) < 4.78 is 2.57. The number of pyridine rings is 2. The first-order chi connectivity index (χ1) is 15.1. The molecule has 3 aromatic heterocycles. The summed E-state index contributed by atoms with van der Waals surface area (Å²) in [7, 11) is 0. The summed E-state index contributed by atoms with van der Waals surface area (Å²) in [4.78, 5) is 4.96. The van der Waals surface area contributed by atoms with Crippen LogP contribution >= 0.6 is 0 Å². The van der Waals surface area contributed by atoms with Crippen LogP contribution in [0.5, 0.6) is 0 Å². The summed E-state index contributed by atoms with van der Waals surface area (Å²) in [6.07, 6.45) is 7.34. The summed E-state index contributed by atoms with van der Waals surface area (Å²) in [5.74, 6) is 0.669. The second-order valence-corrected chi connectivity index (χ2v) is 9.62. The zero-order valence-electron chi connectivity index (χ0n) is 18.4. The van der Waals surface area contributed by atoms with Crippen LogP contribution in [-0.2, 0) is 0 Å². The van der Waals surface area contributed by atoms with Crippen molar-refractivity contribution in [3.05, 3.63) is 70.9 Å². The van der Waals surface area contributed by atoms with E-state index in [0.717, 1.165) is 5.52 Å². The van der Waals surface area contributed by atoms with Gasteiger partial charge in [-0.15, -0.1) is 0 Å². The Bertz CT molecular complexity index is 1660. The molecule has 0 aliphatic heterocycles. The van der Waals surface area contributed by atoms with Crippen LogP contribution in [0.4, 0.5) is 0 Å². The average molecular weight is 403 g/mol. The summed E-state index contributed by atoms with van der Waals surface area (Å²) in [5, 5.41) is 6.79. The molecule has 1 aliphatic rings. The third-order valence-corrected chi connectivity index (χ3v) is 8.09. The Hall–Kier alpha value is -3.13. The van der Waals surface area contributed by atoms with Gasteiger partial charge in [-0.2, -0.15) is 0 Å². The highest BCUT2D eigenvalue weighted by Crippen LogP contribution is 2.47. The molecule has 6 aromatic rings. The standard InChI is InChI=1S/C29H26N2/c1-16-14-23-27-25-20(12-13-30-27)15-22(19-8-4-5-9-19)26-21-10-6-7-11-24(21)31(29(25)26)28(23)18(3)17(16)2/h6-7,10-15,19H,4-5,8-9H2,1-3H3. The molecule has 0 N–H and O–H groups in total. The lowest BCUT2D eigenvalue weighted by molar-refractivity contribution is 0.731. The van der Waals surface area contributed by atoms with E-state index in [4.69, 9.17) is 4.98 Å². The molecule has 2 heteroatoms. The highest BCUT2D eigenvalue weighted by molar-refractivity contribution is 6.28. The fraction of sp³-hybridized carbons (Fsp3) is 0.276. The second kappa shape index (κ2) is 5.97. The molecule has 0 amide bonds. The van der Waals surface area contributed by atoms with Crippen LogP contribution in [0, 0.1) is 20.8 Å². The Morgan fingerprint density at radius 2 is 1.65 bits per heavy atom. The molecule has 1 saturated carbocycles. The van der Waals surface area contributed by atoms with Gasteiger partial charge in [0.05, 0.1) is 22.1 Å². The molecule has 0 saturated heterocycles. The number of hydrogen-bond acceptors (Lipinski definition) is 1. The largest absolute Gasteiger partial charge is 0.308 e. The lowest BCUT2D eigenvalue weighted by Gasteiger charge is -2.19. The minimum absolute atomic E-state index is 0.669. The van der Waals surface area contributed by atoms with E-state index >= 15 is 0 Å². The van der Waals surface area contributed by atoms with Gasteiger partial charge in [0.15, 0.2) is 0 Å². The first kappa shape index (κ1) is 17.5. The Morgan fingerprint density at radius 3 is 2.48 bits per heavy atom. The molecule has 152 valence electrons. The third kappa shape index (κ3) is 2.10. The van der Waals surface area contributed by atoms with Crippen molar-refractivity contribution in [2.24, 2.45) is 0 Å². The number of benzene rings is 3. The van der Waals surface area contributed by atoms with Crippen molar-refractivity contribution in [1.29, 1.82) is 0 Å². The monoisotopic (exact) mass is 402 g/mol. The van der Waals surface area contributed by atoms with Crippen molar-refractivity contribution in [3.8, 4) is 0 Å². The van der Waals surface area contributed by atoms with Crippen molar-refractivity contribution in [1.82, 2.24) is 9.38 Å². The predicted molar refractivity (Wildman–Crippen MR) is 132 cm³/mol. The van der Waals surface area contributed by atoms with Crippen molar-refractivity contribution in [3.63, 3.8) is 0 Å². The molecule has 3 aromatic carbocycles. The van der Waals surface area contributed by atoms with Crippen LogP contribution in [-0.4, -0.2) is 9.38 Å². The van der Waals surface area contributed by atoms with E-state index in [-0.39, 0.29) is 0 Å². The summed E-state index contributed by atoms with van der Waals surface area (Å²) in [5.41, 5.74) is 10.8. The van der Waals surface area contributed by atoms with E-state index in [1.165, 1.54) is 85.9 Å². The van der Waals surface area contributed by atoms with Crippen LogP contribution in [0.3, 0.4) is 0 Å². The molecule has 31 heavy (non-hydrogen) atoms. The minimum atomic E-state index is 0.669. The Balaban J connectivity index is 1.88. The molecule has 0 spiro atoms. The number of nitrogens with zero attached hydrogens (tertiary/aromatic N) is 2. The first-order valence-corrected chi connectivity index (χ1v) is 11.6. The van der Waals surface area contributed by atoms with Gasteiger partial charge in [-0.25, -0.2) is 0 Å². The topological polar surface area (TPSA) is 17.3 Å². The van der Waals surface area contributed by atoms with Gasteiger partial charge in [-0.3, -0.25) is 4.98 Å². The number of aromatic nitrogens is 2. The number of para-hydroxylation sites is 1. The number of rotatable bonds is 1. The van der Waals surface area contributed by atoms with Gasteiger partial charge in [0.25, 0.3) is 0 Å². The van der Waals surface area contributed by atoms with Crippen molar-refractivity contribution >= 4 is 49.0 Å². The lowest BCUT2D eigenvalue weighted by atomic mass is 9.89. The van der Waals surface area contributed by atoms with Crippen LogP contribution in [0.25, 0.3) is 49.0 Å². The third-order valence-electron chi connectivity index (χ3n) is 8.09. The highest BCUT2D eigenvalue weighted by Gasteiger charge is 2.26. The molecule has 0 unspecified atom stereocenters. The molecule has 2 nitrogen and oxygen atoms in total. The predicted octanol–water partition coefficient (Wildman–Crippen LogP) is 7.97. The lowest BCUT2D eigenvalue weighted by Crippen LogP contribution is -2.01. The maximum absolute atomic E-state index is 4.96. The number of aryl methyl sites for hydroxylation is 2. The van der Waals surface area contributed by atoms with Crippen molar-refractivity contribution in [2.75, 3.05) is 0 Å². The summed E-state index contributed by atoms with van der Waals surface area (Å²) in [6.45, 7) is 6.77. The van der Waals surface area contributed by atoms with Gasteiger partial charge in [0.1, 0.15) is 0 Å². The van der Waals surface area contributed by atoms with Gasteiger partial charge < -0.3 is 4.40 Å². The fourth-order valence-electron chi connectivity index (χ4n) is 6.39. The molecule has 0 radical (unpaired) electrons. The van der Waals surface area contributed by atoms with Crippen molar-refractivity contribution < 1.29 is 0 Å². The van der Waals surface area contributed by atoms with Gasteiger partial charge in [-0.1, -0.05) is 31.0 Å². The minimum Gasteiger partial charge on any atom is -0.308 e. The molecular formula is C29H26N2.